The summed E-state index contributed by atoms with van der Waals surface area (Å²) in [6, 6.07) is 1.34. The molecule has 116 valence electrons. The van der Waals surface area contributed by atoms with Crippen LogP contribution in [0.3, 0.4) is 0 Å². The van der Waals surface area contributed by atoms with Gasteiger partial charge in [-0.2, -0.15) is 0 Å². The molecule has 2 rings (SSSR count). The van der Waals surface area contributed by atoms with E-state index in [9.17, 15) is 18.0 Å². The number of morpholine rings is 1. The van der Waals surface area contributed by atoms with E-state index in [4.69, 9.17) is 9.84 Å². The van der Waals surface area contributed by atoms with E-state index in [1.807, 2.05) is 0 Å². The predicted molar refractivity (Wildman–Crippen MR) is 68.3 cm³/mol. The summed E-state index contributed by atoms with van der Waals surface area (Å²) in [5.74, 6) is -4.83. The summed E-state index contributed by atoms with van der Waals surface area (Å²) in [5.41, 5.74) is 0.273. The molecular weight excluding hydrogens is 287 g/mol. The van der Waals surface area contributed by atoms with Crippen LogP contribution in [0, 0.1) is 17.5 Å². The van der Waals surface area contributed by atoms with E-state index >= 15 is 0 Å². The lowest BCUT2D eigenvalue weighted by Crippen LogP contribution is -2.43. The lowest BCUT2D eigenvalue weighted by Gasteiger charge is -2.31. The van der Waals surface area contributed by atoms with Crippen molar-refractivity contribution in [2.45, 2.75) is 31.3 Å². The summed E-state index contributed by atoms with van der Waals surface area (Å²) < 4.78 is 44.8. The van der Waals surface area contributed by atoms with Crippen LogP contribution in [0.5, 0.6) is 0 Å². The molecule has 1 fully saturated rings. The van der Waals surface area contributed by atoms with Crippen molar-refractivity contribution in [2.75, 3.05) is 13.2 Å². The van der Waals surface area contributed by atoms with Crippen LogP contribution in [0.1, 0.15) is 30.9 Å². The van der Waals surface area contributed by atoms with Crippen molar-refractivity contribution in [1.29, 1.82) is 0 Å². The minimum Gasteiger partial charge on any atom is -0.481 e. The number of aliphatic carboxylic acids is 1. The summed E-state index contributed by atoms with van der Waals surface area (Å²) in [5, 5.41) is 11.7. The molecule has 7 heteroatoms. The molecule has 2 N–H and O–H groups in total. The summed E-state index contributed by atoms with van der Waals surface area (Å²) in [4.78, 5) is 10.5. The summed E-state index contributed by atoms with van der Waals surface area (Å²) in [7, 11) is 0. The number of halogens is 3. The fraction of sp³-hybridized carbons (Fsp3) is 0.500. The van der Waals surface area contributed by atoms with Crippen molar-refractivity contribution in [3.05, 3.63) is 35.1 Å². The van der Waals surface area contributed by atoms with E-state index in [0.29, 0.717) is 19.4 Å². The summed E-state index contributed by atoms with van der Waals surface area (Å²) >= 11 is 0. The van der Waals surface area contributed by atoms with Gasteiger partial charge in [-0.05, 0) is 30.5 Å². The number of carboxylic acid groups (broad SMARTS) is 1. The summed E-state index contributed by atoms with van der Waals surface area (Å²) in [6.45, 7) is 0.627. The molecule has 0 aliphatic carbocycles. The number of benzene rings is 1. The quantitative estimate of drug-likeness (QED) is 0.820. The largest absolute Gasteiger partial charge is 0.481 e. The van der Waals surface area contributed by atoms with Crippen LogP contribution >= 0.6 is 0 Å². The Balaban J connectivity index is 1.99. The van der Waals surface area contributed by atoms with Crippen molar-refractivity contribution >= 4 is 5.97 Å². The van der Waals surface area contributed by atoms with Gasteiger partial charge in [-0.15, -0.1) is 0 Å². The monoisotopic (exact) mass is 303 g/mol. The van der Waals surface area contributed by atoms with E-state index in [1.54, 1.807) is 0 Å². The topological polar surface area (TPSA) is 58.6 Å². The van der Waals surface area contributed by atoms with Gasteiger partial charge in [-0.3, -0.25) is 4.79 Å². The number of nitrogens with one attached hydrogen (secondary N) is 1. The Hall–Kier alpha value is -1.60. The van der Waals surface area contributed by atoms with Crippen LogP contribution in [-0.2, 0) is 9.53 Å². The van der Waals surface area contributed by atoms with E-state index < -0.39 is 29.5 Å². The number of carbonyl (C=O) groups is 1. The number of carboxylic acids is 1. The van der Waals surface area contributed by atoms with Crippen molar-refractivity contribution in [3.63, 3.8) is 0 Å². The van der Waals surface area contributed by atoms with Gasteiger partial charge in [-0.25, -0.2) is 13.2 Å². The Morgan fingerprint density at radius 2 is 1.95 bits per heavy atom. The third-order valence-corrected chi connectivity index (χ3v) is 3.39. The maximum Gasteiger partial charge on any atom is 0.303 e. The van der Waals surface area contributed by atoms with Gasteiger partial charge in [0.25, 0.3) is 0 Å². The third kappa shape index (κ3) is 4.18. The van der Waals surface area contributed by atoms with Gasteiger partial charge in [0.2, 0.25) is 0 Å². The normalized spacial score (nSPS) is 22.2. The first-order chi connectivity index (χ1) is 9.97. The van der Waals surface area contributed by atoms with E-state index in [-0.39, 0.29) is 24.6 Å². The molecule has 4 nitrogen and oxygen atoms in total. The third-order valence-electron chi connectivity index (χ3n) is 3.39. The lowest BCUT2D eigenvalue weighted by atomic mass is 10.0. The second-order valence-corrected chi connectivity index (χ2v) is 5.04. The molecule has 21 heavy (non-hydrogen) atoms. The van der Waals surface area contributed by atoms with E-state index in [1.165, 1.54) is 0 Å². The number of rotatable bonds is 5. The standard InChI is InChI=1S/C14H16F3NO3/c15-10-4-8(5-11(16)14(10)17)12-7-21-6-9(18-12)2-1-3-13(19)20/h4-5,9,12,18H,1-3,6-7H2,(H,19,20). The van der Waals surface area contributed by atoms with Crippen LogP contribution < -0.4 is 5.32 Å². The number of hydrogen-bond acceptors (Lipinski definition) is 3. The van der Waals surface area contributed by atoms with E-state index in [0.717, 1.165) is 12.1 Å². The maximum absolute atomic E-state index is 13.2. The first-order valence-electron chi connectivity index (χ1n) is 6.67. The van der Waals surface area contributed by atoms with Gasteiger partial charge in [0, 0.05) is 12.5 Å². The Morgan fingerprint density at radius 3 is 2.57 bits per heavy atom. The highest BCUT2D eigenvalue weighted by Crippen LogP contribution is 2.23. The van der Waals surface area contributed by atoms with Crippen molar-refractivity contribution < 1.29 is 27.8 Å². The smallest absolute Gasteiger partial charge is 0.303 e. The predicted octanol–water partition coefficient (Wildman–Crippen LogP) is 2.39. The zero-order valence-electron chi connectivity index (χ0n) is 11.2. The zero-order chi connectivity index (χ0) is 15.4. The van der Waals surface area contributed by atoms with Crippen LogP contribution in [-0.4, -0.2) is 30.3 Å². The molecule has 0 radical (unpaired) electrons. The molecular formula is C14H16F3NO3. The first kappa shape index (κ1) is 15.8. The molecule has 1 aliphatic heterocycles. The van der Waals surface area contributed by atoms with Crippen molar-refractivity contribution in [2.24, 2.45) is 0 Å². The second kappa shape index (κ2) is 6.91. The van der Waals surface area contributed by atoms with Gasteiger partial charge < -0.3 is 15.2 Å². The Kier molecular flexibility index (Phi) is 5.19. The summed E-state index contributed by atoms with van der Waals surface area (Å²) in [6.07, 6.45) is 1.12. The highest BCUT2D eigenvalue weighted by molar-refractivity contribution is 5.66. The lowest BCUT2D eigenvalue weighted by molar-refractivity contribution is -0.137. The first-order valence-corrected chi connectivity index (χ1v) is 6.67. The molecule has 0 saturated carbocycles. The molecule has 0 spiro atoms. The van der Waals surface area contributed by atoms with Gasteiger partial charge in [0.05, 0.1) is 19.3 Å². The molecule has 0 amide bonds. The maximum atomic E-state index is 13.2. The molecule has 1 heterocycles. The average molecular weight is 303 g/mol. The molecule has 1 aliphatic rings. The molecule has 0 aromatic heterocycles. The second-order valence-electron chi connectivity index (χ2n) is 5.04. The van der Waals surface area contributed by atoms with E-state index in [2.05, 4.69) is 5.32 Å². The SMILES string of the molecule is O=C(O)CCCC1COCC(c2cc(F)c(F)c(F)c2)N1. The van der Waals surface area contributed by atoms with Gasteiger partial charge in [0.1, 0.15) is 0 Å². The fourth-order valence-electron chi connectivity index (χ4n) is 2.34. The molecule has 1 saturated heterocycles. The van der Waals surface area contributed by atoms with Gasteiger partial charge >= 0.3 is 5.97 Å². The van der Waals surface area contributed by atoms with Gasteiger partial charge in [-0.1, -0.05) is 0 Å². The van der Waals surface area contributed by atoms with Crippen molar-refractivity contribution in [1.82, 2.24) is 5.32 Å². The van der Waals surface area contributed by atoms with Crippen molar-refractivity contribution in [3.8, 4) is 0 Å². The Morgan fingerprint density at radius 1 is 1.29 bits per heavy atom. The Labute approximate surface area is 119 Å². The van der Waals surface area contributed by atoms with Crippen LogP contribution in [0.2, 0.25) is 0 Å². The molecule has 0 bridgehead atoms. The highest BCUT2D eigenvalue weighted by Gasteiger charge is 2.24. The minimum absolute atomic E-state index is 0.0582. The van der Waals surface area contributed by atoms with Crippen LogP contribution in [0.4, 0.5) is 13.2 Å². The molecule has 2 atom stereocenters. The highest BCUT2D eigenvalue weighted by atomic mass is 19.2. The minimum atomic E-state index is -1.49. The number of ether oxygens (including phenoxy) is 1. The van der Waals surface area contributed by atoms with Crippen LogP contribution in [0.25, 0.3) is 0 Å². The Bertz CT molecular complexity index is 501. The fourth-order valence-corrected chi connectivity index (χ4v) is 2.34. The molecule has 1 aromatic carbocycles. The molecule has 2 unspecified atom stereocenters. The van der Waals surface area contributed by atoms with Gasteiger partial charge in [0.15, 0.2) is 17.5 Å². The average Bonchev–Trinajstić information content (AvgIpc) is 2.44. The molecule has 1 aromatic rings. The van der Waals surface area contributed by atoms with Crippen LogP contribution in [0.15, 0.2) is 12.1 Å². The zero-order valence-corrected chi connectivity index (χ0v) is 11.2. The number of hydrogen-bond donors (Lipinski definition) is 2.